The molecule has 2 rings (SSSR count). The molecule has 0 aromatic carbocycles. The lowest BCUT2D eigenvalue weighted by atomic mass is 10.1. The monoisotopic (exact) mass is 296 g/mol. The molecule has 1 aliphatic rings. The topological polar surface area (TPSA) is 55.6 Å². The number of ketones is 1. The van der Waals surface area contributed by atoms with Gasteiger partial charge in [0.05, 0.1) is 17.7 Å². The van der Waals surface area contributed by atoms with Gasteiger partial charge in [0.2, 0.25) is 0 Å². The maximum absolute atomic E-state index is 11.9. The first kappa shape index (κ1) is 15.2. The van der Waals surface area contributed by atoms with E-state index in [2.05, 4.69) is 11.9 Å². The number of hydrogen-bond acceptors (Lipinski definition) is 5. The molecule has 1 aliphatic carbocycles. The molecule has 0 saturated heterocycles. The van der Waals surface area contributed by atoms with Crippen LogP contribution in [0.4, 0.5) is 10.7 Å². The van der Waals surface area contributed by atoms with E-state index in [0.29, 0.717) is 22.7 Å². The van der Waals surface area contributed by atoms with Crippen LogP contribution in [0, 0.1) is 5.92 Å². The number of nitrogens with zero attached hydrogens (tertiary/aromatic N) is 1. The summed E-state index contributed by atoms with van der Waals surface area (Å²) in [6, 6.07) is 0. The first-order chi connectivity index (χ1) is 9.58. The van der Waals surface area contributed by atoms with Crippen LogP contribution in [-0.2, 0) is 0 Å². The molecular weight excluding hydrogens is 272 g/mol. The van der Waals surface area contributed by atoms with Crippen LogP contribution in [0.5, 0.6) is 5.75 Å². The Kier molecular flexibility index (Phi) is 4.91. The second kappa shape index (κ2) is 6.48. The van der Waals surface area contributed by atoms with Gasteiger partial charge < -0.3 is 15.4 Å². The van der Waals surface area contributed by atoms with Gasteiger partial charge in [-0.15, -0.1) is 11.3 Å². The molecule has 1 aromatic heterocycles. The summed E-state index contributed by atoms with van der Waals surface area (Å²) < 4.78 is 5.43. The minimum Gasteiger partial charge on any atom is -0.492 e. The first-order valence-corrected chi connectivity index (χ1v) is 8.10. The van der Waals surface area contributed by atoms with E-state index in [-0.39, 0.29) is 5.78 Å². The summed E-state index contributed by atoms with van der Waals surface area (Å²) in [5.41, 5.74) is 6.57. The van der Waals surface area contributed by atoms with Crippen molar-refractivity contribution in [2.45, 2.75) is 39.0 Å². The van der Waals surface area contributed by atoms with Gasteiger partial charge in [-0.05, 0) is 18.8 Å². The third-order valence-corrected chi connectivity index (χ3v) is 5.36. The van der Waals surface area contributed by atoms with Crippen molar-refractivity contribution < 1.29 is 9.53 Å². The quantitative estimate of drug-likeness (QED) is 0.816. The van der Waals surface area contributed by atoms with Crippen molar-refractivity contribution in [2.24, 2.45) is 5.92 Å². The van der Waals surface area contributed by atoms with Crippen LogP contribution >= 0.6 is 11.3 Å². The van der Waals surface area contributed by atoms with Gasteiger partial charge in [-0.1, -0.05) is 19.8 Å². The molecule has 2 N–H and O–H groups in total. The number of ether oxygens (including phenoxy) is 1. The number of carbonyl (C=O) groups is 1. The standard InChI is InChI=1S/C15H24N2O2S/c1-4-11(18)14-12(16)13(19-3)15(20-14)17(2)9-10-7-5-6-8-10/h10H,4-9,16H2,1-3H3. The Morgan fingerprint density at radius 3 is 2.65 bits per heavy atom. The van der Waals surface area contributed by atoms with Crippen LogP contribution in [-0.4, -0.2) is 26.5 Å². The molecule has 0 radical (unpaired) electrons. The van der Waals surface area contributed by atoms with Crippen LogP contribution in [0.25, 0.3) is 0 Å². The van der Waals surface area contributed by atoms with Gasteiger partial charge in [-0.2, -0.15) is 0 Å². The molecule has 0 spiro atoms. The summed E-state index contributed by atoms with van der Waals surface area (Å²) >= 11 is 1.46. The Hall–Kier alpha value is -1.23. The predicted molar refractivity (Wildman–Crippen MR) is 85.1 cm³/mol. The second-order valence-electron chi connectivity index (χ2n) is 5.49. The van der Waals surface area contributed by atoms with Crippen molar-refractivity contribution in [3.63, 3.8) is 0 Å². The highest BCUT2D eigenvalue weighted by Crippen LogP contribution is 2.45. The van der Waals surface area contributed by atoms with Crippen molar-refractivity contribution in [3.05, 3.63) is 4.88 Å². The summed E-state index contributed by atoms with van der Waals surface area (Å²) in [5.74, 6) is 1.50. The van der Waals surface area contributed by atoms with Crippen molar-refractivity contribution in [3.8, 4) is 5.75 Å². The fourth-order valence-electron chi connectivity index (χ4n) is 2.90. The Balaban J connectivity index is 2.22. The number of hydrogen-bond donors (Lipinski definition) is 1. The summed E-state index contributed by atoms with van der Waals surface area (Å²) in [5, 5.41) is 0.980. The van der Waals surface area contributed by atoms with Crippen LogP contribution in [0.15, 0.2) is 0 Å². The van der Waals surface area contributed by atoms with Gasteiger partial charge >= 0.3 is 0 Å². The molecular formula is C15H24N2O2S. The average molecular weight is 296 g/mol. The Labute approximate surface area is 124 Å². The Morgan fingerprint density at radius 2 is 2.10 bits per heavy atom. The van der Waals surface area contributed by atoms with E-state index >= 15 is 0 Å². The van der Waals surface area contributed by atoms with Crippen molar-refractivity contribution >= 4 is 27.8 Å². The molecule has 4 nitrogen and oxygen atoms in total. The molecule has 20 heavy (non-hydrogen) atoms. The summed E-state index contributed by atoms with van der Waals surface area (Å²) in [7, 11) is 3.68. The molecule has 0 atom stereocenters. The van der Waals surface area contributed by atoms with Crippen LogP contribution in [0.1, 0.15) is 48.7 Å². The van der Waals surface area contributed by atoms with Crippen molar-refractivity contribution in [2.75, 3.05) is 31.3 Å². The number of rotatable bonds is 6. The lowest BCUT2D eigenvalue weighted by Gasteiger charge is -2.22. The zero-order valence-corrected chi connectivity index (χ0v) is 13.4. The van der Waals surface area contributed by atoms with Gasteiger partial charge in [-0.25, -0.2) is 0 Å². The van der Waals surface area contributed by atoms with Gasteiger partial charge in [-0.3, -0.25) is 4.79 Å². The number of thiophene rings is 1. The molecule has 1 fully saturated rings. The van der Waals surface area contributed by atoms with Gasteiger partial charge in [0.1, 0.15) is 5.00 Å². The summed E-state index contributed by atoms with van der Waals surface area (Å²) in [4.78, 5) is 14.8. The second-order valence-corrected chi connectivity index (χ2v) is 6.49. The Morgan fingerprint density at radius 1 is 1.45 bits per heavy atom. The van der Waals surface area contributed by atoms with Crippen LogP contribution in [0.3, 0.4) is 0 Å². The van der Waals surface area contributed by atoms with Crippen LogP contribution in [0.2, 0.25) is 0 Å². The molecule has 1 aromatic rings. The van der Waals surface area contributed by atoms with E-state index in [1.807, 2.05) is 6.92 Å². The third-order valence-electron chi connectivity index (χ3n) is 4.01. The molecule has 0 amide bonds. The molecule has 0 bridgehead atoms. The summed E-state index contributed by atoms with van der Waals surface area (Å²) in [6.07, 6.45) is 5.74. The number of carbonyl (C=O) groups excluding carboxylic acids is 1. The van der Waals surface area contributed by atoms with E-state index in [0.717, 1.165) is 17.5 Å². The predicted octanol–water partition coefficient (Wildman–Crippen LogP) is 3.56. The highest BCUT2D eigenvalue weighted by molar-refractivity contribution is 7.19. The minimum absolute atomic E-state index is 0.0892. The lowest BCUT2D eigenvalue weighted by Crippen LogP contribution is -2.23. The van der Waals surface area contributed by atoms with Gasteiger partial charge in [0.15, 0.2) is 11.5 Å². The minimum atomic E-state index is 0.0892. The van der Waals surface area contributed by atoms with E-state index in [9.17, 15) is 4.79 Å². The summed E-state index contributed by atoms with van der Waals surface area (Å²) in [6.45, 7) is 2.87. The number of nitrogens with two attached hydrogens (primary N) is 1. The highest BCUT2D eigenvalue weighted by atomic mass is 32.1. The van der Waals surface area contributed by atoms with Gasteiger partial charge in [0.25, 0.3) is 0 Å². The van der Waals surface area contributed by atoms with Crippen molar-refractivity contribution in [1.29, 1.82) is 0 Å². The lowest BCUT2D eigenvalue weighted by molar-refractivity contribution is 0.0992. The number of anilines is 2. The molecule has 1 saturated carbocycles. The van der Waals surface area contributed by atoms with Gasteiger partial charge in [0, 0.05) is 20.0 Å². The average Bonchev–Trinajstić information content (AvgIpc) is 3.05. The largest absolute Gasteiger partial charge is 0.492 e. The molecule has 0 aliphatic heterocycles. The van der Waals surface area contributed by atoms with E-state index in [1.165, 1.54) is 37.0 Å². The van der Waals surface area contributed by atoms with Crippen LogP contribution < -0.4 is 15.4 Å². The third kappa shape index (κ3) is 2.92. The smallest absolute Gasteiger partial charge is 0.177 e. The number of Topliss-reactive ketones (excluding diaryl/α,β-unsaturated/α-hetero) is 1. The molecule has 0 unspecified atom stereocenters. The van der Waals surface area contributed by atoms with E-state index in [4.69, 9.17) is 10.5 Å². The van der Waals surface area contributed by atoms with E-state index in [1.54, 1.807) is 7.11 Å². The van der Waals surface area contributed by atoms with E-state index < -0.39 is 0 Å². The Bertz CT molecular complexity index is 478. The number of methoxy groups -OCH3 is 1. The maximum Gasteiger partial charge on any atom is 0.177 e. The SMILES string of the molecule is CCC(=O)c1sc(N(C)CC2CCCC2)c(OC)c1N. The van der Waals surface area contributed by atoms with Crippen molar-refractivity contribution in [1.82, 2.24) is 0 Å². The molecule has 112 valence electrons. The fourth-order valence-corrected chi connectivity index (χ4v) is 4.07. The normalized spacial score (nSPS) is 15.6. The molecule has 1 heterocycles. The zero-order chi connectivity index (χ0) is 14.7. The number of nitrogen functional groups attached to an aromatic ring is 1. The zero-order valence-electron chi connectivity index (χ0n) is 12.6. The fraction of sp³-hybridized carbons (Fsp3) is 0.667. The first-order valence-electron chi connectivity index (χ1n) is 7.29. The maximum atomic E-state index is 11.9. The molecule has 5 heteroatoms. The highest BCUT2D eigenvalue weighted by Gasteiger charge is 2.25.